The van der Waals surface area contributed by atoms with E-state index in [2.05, 4.69) is 26.0 Å². The van der Waals surface area contributed by atoms with E-state index in [1.807, 2.05) is 13.8 Å². The van der Waals surface area contributed by atoms with Crippen LogP contribution in [-0.2, 0) is 21.3 Å². The Morgan fingerprint density at radius 3 is 2.79 bits per heavy atom. The zero-order valence-electron chi connectivity index (χ0n) is 11.2. The Balaban J connectivity index is 2.80. The van der Waals surface area contributed by atoms with E-state index in [0.29, 0.717) is 10.3 Å². The summed E-state index contributed by atoms with van der Waals surface area (Å²) in [5.41, 5.74) is 0. The molecular formula is C11H19BrN2O3S2. The molecule has 110 valence electrons. The maximum Gasteiger partial charge on any atom is 0.242 e. The Labute approximate surface area is 126 Å². The van der Waals surface area contributed by atoms with E-state index in [-0.39, 0.29) is 17.5 Å². The molecular weight excluding hydrogens is 352 g/mol. The van der Waals surface area contributed by atoms with Gasteiger partial charge in [0.2, 0.25) is 10.0 Å². The fourth-order valence-corrected chi connectivity index (χ4v) is 5.07. The van der Waals surface area contributed by atoms with Crippen molar-refractivity contribution in [1.29, 1.82) is 0 Å². The fourth-order valence-electron chi connectivity index (χ4n) is 1.30. The molecule has 1 atom stereocenters. The SMILES string of the molecule is CCNCc1cc(S(=O)(=O)NCC(C)OC)c(Br)s1. The van der Waals surface area contributed by atoms with Crippen LogP contribution in [0.4, 0.5) is 0 Å². The number of ether oxygens (including phenoxy) is 1. The molecule has 0 aliphatic rings. The molecule has 0 amide bonds. The third kappa shape index (κ3) is 5.13. The van der Waals surface area contributed by atoms with E-state index in [1.54, 1.807) is 13.2 Å². The monoisotopic (exact) mass is 370 g/mol. The van der Waals surface area contributed by atoms with Crippen molar-refractivity contribution in [2.45, 2.75) is 31.4 Å². The number of methoxy groups -OCH3 is 1. The molecule has 5 nitrogen and oxygen atoms in total. The first-order valence-electron chi connectivity index (χ1n) is 5.92. The molecule has 19 heavy (non-hydrogen) atoms. The number of nitrogens with one attached hydrogen (secondary N) is 2. The van der Waals surface area contributed by atoms with E-state index in [4.69, 9.17) is 4.74 Å². The van der Waals surface area contributed by atoms with E-state index in [1.165, 1.54) is 11.3 Å². The molecule has 1 heterocycles. The third-order valence-corrected chi connectivity index (χ3v) is 6.18. The average molecular weight is 371 g/mol. The highest BCUT2D eigenvalue weighted by Crippen LogP contribution is 2.31. The van der Waals surface area contributed by atoms with Crippen LogP contribution in [0, 0.1) is 0 Å². The van der Waals surface area contributed by atoms with Gasteiger partial charge in [-0.15, -0.1) is 11.3 Å². The molecule has 0 radical (unpaired) electrons. The highest BCUT2D eigenvalue weighted by atomic mass is 79.9. The standard InChI is InChI=1S/C11H19BrN2O3S2/c1-4-13-7-9-5-10(11(12)18-9)19(15,16)14-6-8(2)17-3/h5,8,13-14H,4,6-7H2,1-3H3. The summed E-state index contributed by atoms with van der Waals surface area (Å²) < 4.78 is 32.5. The zero-order valence-corrected chi connectivity index (χ0v) is 14.4. The van der Waals surface area contributed by atoms with Gasteiger partial charge < -0.3 is 10.1 Å². The number of sulfonamides is 1. The van der Waals surface area contributed by atoms with Crippen LogP contribution >= 0.6 is 27.3 Å². The lowest BCUT2D eigenvalue weighted by Gasteiger charge is -2.10. The van der Waals surface area contributed by atoms with Crippen molar-refractivity contribution in [3.63, 3.8) is 0 Å². The van der Waals surface area contributed by atoms with E-state index in [9.17, 15) is 8.42 Å². The minimum absolute atomic E-state index is 0.159. The molecule has 1 aromatic heterocycles. The van der Waals surface area contributed by atoms with Crippen LogP contribution in [0.15, 0.2) is 14.7 Å². The molecule has 0 aromatic carbocycles. The van der Waals surface area contributed by atoms with E-state index >= 15 is 0 Å². The maximum atomic E-state index is 12.2. The number of hydrogen-bond acceptors (Lipinski definition) is 5. The first-order chi connectivity index (χ1) is 8.90. The number of hydrogen-bond donors (Lipinski definition) is 2. The van der Waals surface area contributed by atoms with Gasteiger partial charge in [0.1, 0.15) is 4.90 Å². The zero-order chi connectivity index (χ0) is 14.5. The van der Waals surface area contributed by atoms with E-state index < -0.39 is 10.0 Å². The minimum Gasteiger partial charge on any atom is -0.380 e. The second-order valence-electron chi connectivity index (χ2n) is 4.03. The maximum absolute atomic E-state index is 12.2. The minimum atomic E-state index is -3.49. The van der Waals surface area contributed by atoms with Crippen molar-refractivity contribution in [2.75, 3.05) is 20.2 Å². The van der Waals surface area contributed by atoms with Gasteiger partial charge in [0.05, 0.1) is 9.89 Å². The lowest BCUT2D eigenvalue weighted by atomic mass is 10.4. The van der Waals surface area contributed by atoms with Crippen LogP contribution in [0.2, 0.25) is 0 Å². The topological polar surface area (TPSA) is 67.4 Å². The first kappa shape index (κ1) is 17.1. The Bertz CT molecular complexity index is 502. The van der Waals surface area contributed by atoms with Gasteiger partial charge in [-0.3, -0.25) is 0 Å². The van der Waals surface area contributed by atoms with Crippen LogP contribution < -0.4 is 10.0 Å². The molecule has 0 aliphatic carbocycles. The predicted molar refractivity (Wildman–Crippen MR) is 81.1 cm³/mol. The molecule has 0 fully saturated rings. The number of thiophene rings is 1. The molecule has 0 saturated carbocycles. The van der Waals surface area contributed by atoms with Crippen molar-refractivity contribution in [2.24, 2.45) is 0 Å². The summed E-state index contributed by atoms with van der Waals surface area (Å²) in [6.45, 7) is 5.59. The lowest BCUT2D eigenvalue weighted by Crippen LogP contribution is -2.31. The normalized spacial score (nSPS) is 13.7. The second kappa shape index (κ2) is 7.70. The molecule has 1 unspecified atom stereocenters. The average Bonchev–Trinajstić information content (AvgIpc) is 2.75. The molecule has 8 heteroatoms. The van der Waals surface area contributed by atoms with E-state index in [0.717, 1.165) is 11.4 Å². The molecule has 1 rings (SSSR count). The summed E-state index contributed by atoms with van der Waals surface area (Å²) in [5, 5.41) is 3.17. The van der Waals surface area contributed by atoms with Gasteiger partial charge in [0.15, 0.2) is 0 Å². The fraction of sp³-hybridized carbons (Fsp3) is 0.636. The second-order valence-corrected chi connectivity index (χ2v) is 8.22. The summed E-state index contributed by atoms with van der Waals surface area (Å²) >= 11 is 4.73. The predicted octanol–water partition coefficient (Wildman–Crippen LogP) is 1.93. The van der Waals surface area contributed by atoms with Gasteiger partial charge in [0, 0.05) is 25.1 Å². The lowest BCUT2D eigenvalue weighted by molar-refractivity contribution is 0.122. The summed E-state index contributed by atoms with van der Waals surface area (Å²) in [7, 11) is -1.94. The highest BCUT2D eigenvalue weighted by molar-refractivity contribution is 9.11. The Hall–Kier alpha value is 0.01000. The van der Waals surface area contributed by atoms with Crippen LogP contribution in [-0.4, -0.2) is 34.7 Å². The van der Waals surface area contributed by atoms with Crippen molar-refractivity contribution < 1.29 is 13.2 Å². The molecule has 0 aliphatic heterocycles. The van der Waals surface area contributed by atoms with Crippen LogP contribution in [0.5, 0.6) is 0 Å². The Morgan fingerprint density at radius 1 is 1.53 bits per heavy atom. The van der Waals surface area contributed by atoms with Crippen molar-refractivity contribution >= 4 is 37.3 Å². The first-order valence-corrected chi connectivity index (χ1v) is 9.01. The van der Waals surface area contributed by atoms with Crippen molar-refractivity contribution in [3.8, 4) is 0 Å². The van der Waals surface area contributed by atoms with Crippen LogP contribution in [0.3, 0.4) is 0 Å². The van der Waals surface area contributed by atoms with Crippen molar-refractivity contribution in [3.05, 3.63) is 14.7 Å². The Morgan fingerprint density at radius 2 is 2.21 bits per heavy atom. The largest absolute Gasteiger partial charge is 0.380 e. The smallest absolute Gasteiger partial charge is 0.242 e. The van der Waals surface area contributed by atoms with Crippen LogP contribution in [0.1, 0.15) is 18.7 Å². The van der Waals surface area contributed by atoms with Crippen LogP contribution in [0.25, 0.3) is 0 Å². The molecule has 2 N–H and O–H groups in total. The third-order valence-electron chi connectivity index (χ3n) is 2.51. The van der Waals surface area contributed by atoms with Gasteiger partial charge in [-0.25, -0.2) is 13.1 Å². The van der Waals surface area contributed by atoms with Gasteiger partial charge in [-0.2, -0.15) is 0 Å². The summed E-state index contributed by atoms with van der Waals surface area (Å²) in [6, 6.07) is 1.69. The molecule has 0 spiro atoms. The highest BCUT2D eigenvalue weighted by Gasteiger charge is 2.21. The molecule has 0 bridgehead atoms. The van der Waals surface area contributed by atoms with Gasteiger partial charge in [-0.05, 0) is 35.5 Å². The van der Waals surface area contributed by atoms with Gasteiger partial charge in [-0.1, -0.05) is 6.92 Å². The summed E-state index contributed by atoms with van der Waals surface area (Å²) in [6.07, 6.45) is -0.159. The van der Waals surface area contributed by atoms with Gasteiger partial charge in [0.25, 0.3) is 0 Å². The van der Waals surface area contributed by atoms with Gasteiger partial charge >= 0.3 is 0 Å². The number of halogens is 1. The van der Waals surface area contributed by atoms with Crippen molar-refractivity contribution in [1.82, 2.24) is 10.0 Å². The molecule has 0 saturated heterocycles. The number of rotatable bonds is 8. The summed E-state index contributed by atoms with van der Waals surface area (Å²) in [4.78, 5) is 1.27. The summed E-state index contributed by atoms with van der Waals surface area (Å²) in [5.74, 6) is 0. The Kier molecular flexibility index (Phi) is 6.92. The quantitative estimate of drug-likeness (QED) is 0.733. The molecule has 1 aromatic rings.